The van der Waals surface area contributed by atoms with E-state index in [9.17, 15) is 17.6 Å². The molecule has 2 aromatic heterocycles. The molecule has 0 bridgehead atoms. The zero-order valence-electron chi connectivity index (χ0n) is 13.7. The van der Waals surface area contributed by atoms with E-state index in [1.54, 1.807) is 13.0 Å². The van der Waals surface area contributed by atoms with Crippen LogP contribution in [-0.4, -0.2) is 30.4 Å². The van der Waals surface area contributed by atoms with Gasteiger partial charge in [-0.1, -0.05) is 11.6 Å². The number of carbonyl (C=O) groups is 1. The van der Waals surface area contributed by atoms with Crippen LogP contribution in [0, 0.1) is 12.7 Å². The van der Waals surface area contributed by atoms with E-state index in [-0.39, 0.29) is 15.6 Å². The third-order valence-electron chi connectivity index (χ3n) is 3.47. The second-order valence-corrected chi connectivity index (χ2v) is 9.27. The summed E-state index contributed by atoms with van der Waals surface area (Å²) in [7, 11) is -3.46. The van der Waals surface area contributed by atoms with Gasteiger partial charge in [-0.05, 0) is 31.2 Å². The summed E-state index contributed by atoms with van der Waals surface area (Å²) < 4.78 is 37.9. The van der Waals surface area contributed by atoms with Gasteiger partial charge in [0.15, 0.2) is 15.7 Å². The third kappa shape index (κ3) is 3.95. The van der Waals surface area contributed by atoms with Crippen LogP contribution in [0.15, 0.2) is 41.6 Å². The first-order valence-electron chi connectivity index (χ1n) is 7.26. The van der Waals surface area contributed by atoms with Gasteiger partial charge in [-0.25, -0.2) is 17.5 Å². The van der Waals surface area contributed by atoms with Gasteiger partial charge in [-0.3, -0.25) is 4.79 Å². The van der Waals surface area contributed by atoms with Crippen molar-refractivity contribution >= 4 is 44.4 Å². The molecule has 3 aromatic rings. The normalized spacial score (nSPS) is 11.5. The van der Waals surface area contributed by atoms with Gasteiger partial charge in [-0.15, -0.1) is 11.3 Å². The van der Waals surface area contributed by atoms with Gasteiger partial charge in [0.1, 0.15) is 0 Å². The molecule has 0 saturated carbocycles. The quantitative estimate of drug-likeness (QED) is 0.707. The predicted molar refractivity (Wildman–Crippen MR) is 98.7 cm³/mol. The Bertz CT molecular complexity index is 1110. The van der Waals surface area contributed by atoms with Crippen LogP contribution >= 0.6 is 22.9 Å². The van der Waals surface area contributed by atoms with Gasteiger partial charge in [0.25, 0.3) is 5.91 Å². The highest BCUT2D eigenvalue weighted by Crippen LogP contribution is 2.27. The number of nitrogens with one attached hydrogen (secondary N) is 1. The third-order valence-corrected chi connectivity index (χ3v) is 5.82. The zero-order valence-corrected chi connectivity index (χ0v) is 16.0. The Kier molecular flexibility index (Phi) is 4.87. The van der Waals surface area contributed by atoms with Crippen LogP contribution in [0.1, 0.15) is 14.5 Å². The molecule has 1 aromatic carbocycles. The highest BCUT2D eigenvalue weighted by molar-refractivity contribution is 7.90. The van der Waals surface area contributed by atoms with E-state index in [1.807, 2.05) is 0 Å². The maximum atomic E-state index is 13.1. The van der Waals surface area contributed by atoms with Crippen LogP contribution in [-0.2, 0) is 9.84 Å². The molecule has 136 valence electrons. The maximum Gasteiger partial charge on any atom is 0.265 e. The molecule has 0 aliphatic rings. The van der Waals surface area contributed by atoms with Crippen molar-refractivity contribution in [2.24, 2.45) is 0 Å². The lowest BCUT2D eigenvalue weighted by molar-refractivity contribution is 0.103. The van der Waals surface area contributed by atoms with Crippen molar-refractivity contribution in [3.63, 3.8) is 0 Å². The molecule has 0 radical (unpaired) electrons. The highest BCUT2D eigenvalue weighted by atomic mass is 35.5. The van der Waals surface area contributed by atoms with Crippen molar-refractivity contribution in [1.82, 2.24) is 9.78 Å². The molecule has 0 atom stereocenters. The molecular formula is C16H13ClFN3O3S2. The van der Waals surface area contributed by atoms with Crippen molar-refractivity contribution in [3.05, 3.63) is 57.3 Å². The summed E-state index contributed by atoms with van der Waals surface area (Å²) in [5.74, 6) is -0.910. The first-order chi connectivity index (χ1) is 12.1. The molecule has 1 N–H and O–H groups in total. The largest absolute Gasteiger partial charge is 0.321 e. The number of carbonyl (C=O) groups excluding carboxylic acids is 1. The van der Waals surface area contributed by atoms with Crippen LogP contribution < -0.4 is 5.32 Å². The van der Waals surface area contributed by atoms with Gasteiger partial charge in [0.2, 0.25) is 0 Å². The smallest absolute Gasteiger partial charge is 0.265 e. The van der Waals surface area contributed by atoms with E-state index in [0.717, 1.165) is 17.3 Å². The van der Waals surface area contributed by atoms with Crippen LogP contribution in [0.3, 0.4) is 0 Å². The van der Waals surface area contributed by atoms with E-state index < -0.39 is 21.6 Å². The molecule has 0 unspecified atom stereocenters. The van der Waals surface area contributed by atoms with Crippen molar-refractivity contribution in [3.8, 4) is 5.69 Å². The van der Waals surface area contributed by atoms with Crippen LogP contribution in [0.5, 0.6) is 0 Å². The minimum absolute atomic E-state index is 0.00960. The summed E-state index contributed by atoms with van der Waals surface area (Å²) >= 11 is 7.15. The van der Waals surface area contributed by atoms with Gasteiger partial charge in [-0.2, -0.15) is 5.10 Å². The second kappa shape index (κ2) is 6.82. The fourth-order valence-electron chi connectivity index (χ4n) is 2.29. The summed E-state index contributed by atoms with van der Waals surface area (Å²) in [4.78, 5) is 13.6. The number of anilines is 1. The molecule has 0 spiro atoms. The van der Waals surface area contributed by atoms with E-state index >= 15 is 0 Å². The minimum Gasteiger partial charge on any atom is -0.321 e. The molecule has 0 aliphatic heterocycles. The summed E-state index contributed by atoms with van der Waals surface area (Å²) in [6.07, 6.45) is 3.35. The lowest BCUT2D eigenvalue weighted by Crippen LogP contribution is -2.11. The number of aryl methyl sites for hydroxylation is 1. The molecule has 10 heteroatoms. The maximum absolute atomic E-state index is 13.1. The van der Waals surface area contributed by atoms with Crippen molar-refractivity contribution < 1.29 is 17.6 Å². The van der Waals surface area contributed by atoms with Gasteiger partial charge in [0, 0.05) is 21.8 Å². The van der Waals surface area contributed by atoms with Gasteiger partial charge >= 0.3 is 0 Å². The molecule has 3 rings (SSSR count). The Labute approximate surface area is 158 Å². The topological polar surface area (TPSA) is 81.1 Å². The fourth-order valence-corrected chi connectivity index (χ4v) is 4.17. The predicted octanol–water partition coefficient (Wildman–Crippen LogP) is 3.69. The first-order valence-corrected chi connectivity index (χ1v) is 10.3. The van der Waals surface area contributed by atoms with E-state index in [1.165, 1.54) is 40.4 Å². The number of aromatic nitrogens is 2. The standard InChI is InChI=1S/C16H13ClFN3O3S2/c1-9-14(21-8-11(18)7-19-21)6-15(25-9)16(22)20-12-3-10(17)4-13(5-12)26(2,23)24/h3-8H,1-2H3,(H,20,22). The summed E-state index contributed by atoms with van der Waals surface area (Å²) in [6.45, 7) is 1.79. The molecule has 0 aliphatic carbocycles. The highest BCUT2D eigenvalue weighted by Gasteiger charge is 2.16. The summed E-state index contributed by atoms with van der Waals surface area (Å²) in [5.41, 5.74) is 0.854. The fraction of sp³-hybridized carbons (Fsp3) is 0.125. The molecule has 2 heterocycles. The molecular weight excluding hydrogens is 401 g/mol. The van der Waals surface area contributed by atoms with Crippen LogP contribution in [0.25, 0.3) is 5.69 Å². The first kappa shape index (κ1) is 18.6. The minimum atomic E-state index is -3.46. The monoisotopic (exact) mass is 413 g/mol. The number of thiophene rings is 1. The zero-order chi connectivity index (χ0) is 19.1. The number of amides is 1. The molecule has 26 heavy (non-hydrogen) atoms. The second-order valence-electron chi connectivity index (χ2n) is 5.56. The van der Waals surface area contributed by atoms with E-state index in [4.69, 9.17) is 11.6 Å². The number of rotatable bonds is 4. The summed E-state index contributed by atoms with van der Waals surface area (Å²) in [5, 5.41) is 6.71. The number of nitrogens with zero attached hydrogens (tertiary/aromatic N) is 2. The Balaban J connectivity index is 1.89. The number of halogens is 2. The van der Waals surface area contributed by atoms with Crippen LogP contribution in [0.2, 0.25) is 5.02 Å². The Morgan fingerprint density at radius 1 is 1.31 bits per heavy atom. The number of hydrogen-bond acceptors (Lipinski definition) is 5. The Morgan fingerprint density at radius 3 is 2.65 bits per heavy atom. The molecule has 1 amide bonds. The average molecular weight is 414 g/mol. The van der Waals surface area contributed by atoms with Gasteiger partial charge < -0.3 is 5.32 Å². The van der Waals surface area contributed by atoms with E-state index in [2.05, 4.69) is 10.4 Å². The molecule has 0 fully saturated rings. The Hall–Kier alpha value is -2.23. The summed E-state index contributed by atoms with van der Waals surface area (Å²) in [6, 6.07) is 5.69. The molecule has 6 nitrogen and oxygen atoms in total. The number of sulfone groups is 1. The van der Waals surface area contributed by atoms with E-state index in [0.29, 0.717) is 10.6 Å². The number of hydrogen-bond donors (Lipinski definition) is 1. The van der Waals surface area contributed by atoms with Crippen LogP contribution in [0.4, 0.5) is 10.1 Å². The number of benzene rings is 1. The van der Waals surface area contributed by atoms with Crippen molar-refractivity contribution in [2.45, 2.75) is 11.8 Å². The SMILES string of the molecule is Cc1sc(C(=O)Nc2cc(Cl)cc(S(C)(=O)=O)c2)cc1-n1cc(F)cn1. The lowest BCUT2D eigenvalue weighted by Gasteiger charge is -2.07. The van der Waals surface area contributed by atoms with Gasteiger partial charge in [0.05, 0.1) is 27.9 Å². The van der Waals surface area contributed by atoms with Crippen molar-refractivity contribution in [1.29, 1.82) is 0 Å². The van der Waals surface area contributed by atoms with Crippen molar-refractivity contribution in [2.75, 3.05) is 11.6 Å². The lowest BCUT2D eigenvalue weighted by atomic mass is 10.3. The molecule has 0 saturated heterocycles. The Morgan fingerprint density at radius 2 is 2.04 bits per heavy atom. The average Bonchev–Trinajstić information content (AvgIpc) is 3.11.